The van der Waals surface area contributed by atoms with Crippen LogP contribution in [-0.4, -0.2) is 31.1 Å². The van der Waals surface area contributed by atoms with Crippen LogP contribution in [0.5, 0.6) is 17.2 Å². The van der Waals surface area contributed by atoms with E-state index in [0.717, 1.165) is 15.8 Å². The lowest BCUT2D eigenvalue weighted by molar-refractivity contribution is -0.122. The third-order valence-corrected chi connectivity index (χ3v) is 6.29. The monoisotopic (exact) mass is 536 g/mol. The highest BCUT2D eigenvalue weighted by molar-refractivity contribution is 6.39. The molecule has 4 aromatic carbocycles. The van der Waals surface area contributed by atoms with E-state index in [1.807, 2.05) is 25.1 Å². The van der Waals surface area contributed by atoms with Crippen LogP contribution in [0, 0.1) is 0 Å². The van der Waals surface area contributed by atoms with Crippen molar-refractivity contribution < 1.29 is 28.6 Å². The van der Waals surface area contributed by atoms with Gasteiger partial charge in [-0.2, -0.15) is 0 Å². The summed E-state index contributed by atoms with van der Waals surface area (Å²) < 4.78 is 17.1. The number of fused-ring (bicyclic) bond motifs is 1. The molecule has 0 saturated carbocycles. The second-order valence-electron chi connectivity index (χ2n) is 8.99. The number of carbonyl (C=O) groups is 3. The molecule has 0 radical (unpaired) electrons. The number of hydrogen-bond donors (Lipinski definition) is 1. The fourth-order valence-corrected chi connectivity index (χ4v) is 4.40. The van der Waals surface area contributed by atoms with Crippen LogP contribution in [0.3, 0.4) is 0 Å². The smallest absolute Gasteiger partial charge is 0.336 e. The van der Waals surface area contributed by atoms with Crippen molar-refractivity contribution in [2.45, 2.75) is 20.5 Å². The zero-order valence-electron chi connectivity index (χ0n) is 22.2. The highest BCUT2D eigenvalue weighted by Gasteiger charge is 2.38. The van der Waals surface area contributed by atoms with E-state index in [-0.39, 0.29) is 11.3 Å². The summed E-state index contributed by atoms with van der Waals surface area (Å²) in [7, 11) is 0. The Bertz CT molecular complexity index is 1610. The third-order valence-electron chi connectivity index (χ3n) is 6.29. The average molecular weight is 537 g/mol. The lowest BCUT2D eigenvalue weighted by Crippen LogP contribution is -2.54. The molecule has 0 aliphatic carbocycles. The molecule has 1 aliphatic heterocycles. The molecule has 40 heavy (non-hydrogen) atoms. The highest BCUT2D eigenvalue weighted by atomic mass is 16.5. The molecule has 0 atom stereocenters. The maximum absolute atomic E-state index is 13.5. The SMILES string of the molecule is CCOc1ccc(OCC)c(N2C(=O)NC(=O)/C(=C\c3ccc(OCc4ccc5ccccc5c4)cc3)C2=O)c1. The fourth-order valence-electron chi connectivity index (χ4n) is 4.40. The molecule has 1 aliphatic rings. The van der Waals surface area contributed by atoms with Crippen molar-refractivity contribution in [1.82, 2.24) is 5.32 Å². The number of barbiturate groups is 1. The van der Waals surface area contributed by atoms with E-state index in [0.29, 0.717) is 42.6 Å². The van der Waals surface area contributed by atoms with E-state index in [1.54, 1.807) is 49.4 Å². The van der Waals surface area contributed by atoms with Crippen LogP contribution in [-0.2, 0) is 16.2 Å². The van der Waals surface area contributed by atoms with Gasteiger partial charge in [0.25, 0.3) is 11.8 Å². The van der Waals surface area contributed by atoms with Crippen molar-refractivity contribution in [3.63, 3.8) is 0 Å². The summed E-state index contributed by atoms with van der Waals surface area (Å²) in [6, 6.07) is 25.3. The van der Waals surface area contributed by atoms with E-state index >= 15 is 0 Å². The molecule has 0 aromatic heterocycles. The first kappa shape index (κ1) is 26.5. The van der Waals surface area contributed by atoms with E-state index < -0.39 is 17.8 Å². The molecule has 0 spiro atoms. The Morgan fingerprint density at radius 1 is 0.750 bits per heavy atom. The molecule has 8 nitrogen and oxygen atoms in total. The van der Waals surface area contributed by atoms with Crippen molar-refractivity contribution in [2.75, 3.05) is 18.1 Å². The summed E-state index contributed by atoms with van der Waals surface area (Å²) in [5.74, 6) is -0.123. The lowest BCUT2D eigenvalue weighted by atomic mass is 10.1. The number of nitrogens with one attached hydrogen (secondary N) is 1. The van der Waals surface area contributed by atoms with Crippen LogP contribution >= 0.6 is 0 Å². The number of ether oxygens (including phenoxy) is 3. The Hall–Kier alpha value is -5.11. The highest BCUT2D eigenvalue weighted by Crippen LogP contribution is 2.35. The molecular weight excluding hydrogens is 508 g/mol. The van der Waals surface area contributed by atoms with Gasteiger partial charge in [0.2, 0.25) is 0 Å². The quantitative estimate of drug-likeness (QED) is 0.212. The molecular formula is C32H28N2O6. The van der Waals surface area contributed by atoms with Crippen LogP contribution in [0.15, 0.2) is 90.5 Å². The predicted octanol–water partition coefficient (Wildman–Crippen LogP) is 5.88. The van der Waals surface area contributed by atoms with Crippen LogP contribution in [0.25, 0.3) is 16.8 Å². The van der Waals surface area contributed by atoms with Crippen molar-refractivity contribution in [3.8, 4) is 17.2 Å². The Labute approximate surface area is 231 Å². The topological polar surface area (TPSA) is 94.2 Å². The number of carbonyl (C=O) groups excluding carboxylic acids is 3. The summed E-state index contributed by atoms with van der Waals surface area (Å²) in [4.78, 5) is 39.8. The van der Waals surface area contributed by atoms with Crippen molar-refractivity contribution in [1.29, 1.82) is 0 Å². The predicted molar refractivity (Wildman–Crippen MR) is 153 cm³/mol. The first-order chi connectivity index (χ1) is 19.5. The lowest BCUT2D eigenvalue weighted by Gasteiger charge is -2.28. The second kappa shape index (κ2) is 11.7. The minimum Gasteiger partial charge on any atom is -0.494 e. The maximum Gasteiger partial charge on any atom is 0.336 e. The number of hydrogen-bond acceptors (Lipinski definition) is 6. The Morgan fingerprint density at radius 2 is 1.48 bits per heavy atom. The fraction of sp³-hybridized carbons (Fsp3) is 0.156. The summed E-state index contributed by atoms with van der Waals surface area (Å²) >= 11 is 0. The van der Waals surface area contributed by atoms with Crippen LogP contribution in [0.2, 0.25) is 0 Å². The second-order valence-corrected chi connectivity index (χ2v) is 8.99. The standard InChI is InChI=1S/C32H28N2O6/c1-3-38-26-15-16-29(39-4-2)28(19-26)34-31(36)27(30(35)33-32(34)37)18-21-10-13-25(14-11-21)40-20-22-9-12-23-7-5-6-8-24(23)17-22/h5-19H,3-4,20H2,1-2H3,(H,33,35,37)/b27-18+. The van der Waals surface area contributed by atoms with Crippen molar-refractivity contribution in [2.24, 2.45) is 0 Å². The average Bonchev–Trinajstić information content (AvgIpc) is 2.96. The number of benzene rings is 4. The van der Waals surface area contributed by atoms with Gasteiger partial charge >= 0.3 is 6.03 Å². The zero-order valence-corrected chi connectivity index (χ0v) is 22.2. The van der Waals surface area contributed by atoms with Gasteiger partial charge < -0.3 is 14.2 Å². The minimum atomic E-state index is -0.862. The number of imide groups is 2. The van der Waals surface area contributed by atoms with E-state index in [1.165, 1.54) is 11.5 Å². The van der Waals surface area contributed by atoms with Crippen molar-refractivity contribution >= 4 is 40.4 Å². The largest absolute Gasteiger partial charge is 0.494 e. The van der Waals surface area contributed by atoms with Gasteiger partial charge in [0, 0.05) is 6.07 Å². The number of nitrogens with zero attached hydrogens (tertiary/aromatic N) is 1. The Morgan fingerprint density at radius 3 is 2.23 bits per heavy atom. The van der Waals surface area contributed by atoms with Gasteiger partial charge in [-0.05, 0) is 72.2 Å². The molecule has 1 N–H and O–H groups in total. The Kier molecular flexibility index (Phi) is 7.77. The molecule has 1 fully saturated rings. The van der Waals surface area contributed by atoms with Gasteiger partial charge in [-0.1, -0.05) is 48.5 Å². The Balaban J connectivity index is 1.35. The molecule has 8 heteroatoms. The van der Waals surface area contributed by atoms with Gasteiger partial charge in [0.15, 0.2) is 0 Å². The van der Waals surface area contributed by atoms with Gasteiger partial charge in [-0.25, -0.2) is 9.69 Å². The first-order valence-corrected chi connectivity index (χ1v) is 13.0. The molecule has 1 heterocycles. The first-order valence-electron chi connectivity index (χ1n) is 13.0. The molecule has 5 rings (SSSR count). The molecule has 202 valence electrons. The van der Waals surface area contributed by atoms with Crippen LogP contribution in [0.1, 0.15) is 25.0 Å². The minimum absolute atomic E-state index is 0.186. The van der Waals surface area contributed by atoms with Gasteiger partial charge in [0.05, 0.1) is 18.9 Å². The van der Waals surface area contributed by atoms with E-state index in [9.17, 15) is 14.4 Å². The summed E-state index contributed by atoms with van der Waals surface area (Å²) in [5, 5.41) is 4.56. The number of anilines is 1. The third kappa shape index (κ3) is 5.66. The summed E-state index contributed by atoms with van der Waals surface area (Å²) in [6.07, 6.45) is 1.44. The normalized spacial score (nSPS) is 14.4. The van der Waals surface area contributed by atoms with Gasteiger partial charge in [-0.15, -0.1) is 0 Å². The molecule has 1 saturated heterocycles. The molecule has 0 bridgehead atoms. The molecule has 4 aromatic rings. The number of urea groups is 1. The molecule has 4 amide bonds. The van der Waals surface area contributed by atoms with E-state index in [2.05, 4.69) is 29.6 Å². The molecule has 0 unspecified atom stereocenters. The van der Waals surface area contributed by atoms with Crippen LogP contribution < -0.4 is 24.4 Å². The maximum atomic E-state index is 13.5. The zero-order chi connectivity index (χ0) is 28.1. The van der Waals surface area contributed by atoms with Gasteiger partial charge in [-0.3, -0.25) is 14.9 Å². The summed E-state index contributed by atoms with van der Waals surface area (Å²) in [5.41, 5.74) is 1.64. The number of rotatable bonds is 9. The summed E-state index contributed by atoms with van der Waals surface area (Å²) in [6.45, 7) is 4.74. The number of amides is 4. The van der Waals surface area contributed by atoms with E-state index in [4.69, 9.17) is 14.2 Å². The van der Waals surface area contributed by atoms with Crippen LogP contribution in [0.4, 0.5) is 10.5 Å². The van der Waals surface area contributed by atoms with Gasteiger partial charge in [0.1, 0.15) is 29.4 Å². The van der Waals surface area contributed by atoms with Crippen molar-refractivity contribution in [3.05, 3.63) is 102 Å².